The molecule has 3 rings (SSSR count). The minimum atomic E-state index is -0.0978. The molecule has 1 N–H and O–H groups in total. The van der Waals surface area contributed by atoms with Crippen molar-refractivity contribution in [1.82, 2.24) is 4.57 Å². The number of rotatable bonds is 5. The lowest BCUT2D eigenvalue weighted by Crippen LogP contribution is -2.22. The maximum Gasteiger partial charge on any atom is 0.225 e. The average Bonchev–Trinajstić information content (AvgIpc) is 2.64. The third kappa shape index (κ3) is 3.37. The Bertz CT molecular complexity index is 1010. The number of aromatic nitrogens is 1. The van der Waals surface area contributed by atoms with Crippen molar-refractivity contribution in [3.8, 4) is 11.1 Å². The number of anilines is 1. The van der Waals surface area contributed by atoms with E-state index in [9.17, 15) is 9.59 Å². The number of pyridine rings is 1. The van der Waals surface area contributed by atoms with Gasteiger partial charge in [0.15, 0.2) is 5.43 Å². The van der Waals surface area contributed by atoms with Gasteiger partial charge in [0.25, 0.3) is 0 Å². The second-order valence-corrected chi connectivity index (χ2v) is 6.56. The second-order valence-electron chi connectivity index (χ2n) is 6.12. The normalized spacial score (nSPS) is 10.9. The summed E-state index contributed by atoms with van der Waals surface area (Å²) in [4.78, 5) is 25.6. The summed E-state index contributed by atoms with van der Waals surface area (Å²) in [6, 6.07) is 14.6. The summed E-state index contributed by atoms with van der Waals surface area (Å²) in [5.74, 6) is 0.441. The number of carbonyl (C=O) groups excluding carboxylic acids is 1. The van der Waals surface area contributed by atoms with Crippen LogP contribution in [-0.4, -0.2) is 10.5 Å². The Hall–Kier alpha value is -2.59. The fraction of sp³-hybridized carbons (Fsp3) is 0.238. The molecule has 0 aliphatic rings. The van der Waals surface area contributed by atoms with Gasteiger partial charge in [0.2, 0.25) is 5.91 Å². The van der Waals surface area contributed by atoms with E-state index in [-0.39, 0.29) is 11.3 Å². The number of fused-ring (bicyclic) bond motifs is 1. The van der Waals surface area contributed by atoms with Gasteiger partial charge in [-0.05, 0) is 43.2 Å². The van der Waals surface area contributed by atoms with E-state index < -0.39 is 0 Å². The van der Waals surface area contributed by atoms with Crippen LogP contribution < -0.4 is 10.7 Å². The third-order valence-corrected chi connectivity index (χ3v) is 4.61. The highest BCUT2D eigenvalue weighted by Gasteiger charge is 2.19. The van der Waals surface area contributed by atoms with Crippen molar-refractivity contribution in [3.05, 3.63) is 63.8 Å². The summed E-state index contributed by atoms with van der Waals surface area (Å²) in [5, 5.41) is 4.20. The lowest BCUT2D eigenvalue weighted by molar-refractivity contribution is -0.116. The minimum Gasteiger partial charge on any atom is -0.327 e. The monoisotopic (exact) mass is 368 g/mol. The smallest absolute Gasteiger partial charge is 0.225 e. The van der Waals surface area contributed by atoms with Gasteiger partial charge in [0, 0.05) is 23.4 Å². The number of benzene rings is 2. The zero-order chi connectivity index (χ0) is 18.7. The molecule has 1 heterocycles. The highest BCUT2D eigenvalue weighted by Crippen LogP contribution is 2.30. The molecule has 0 saturated heterocycles. The van der Waals surface area contributed by atoms with Crippen molar-refractivity contribution < 1.29 is 4.79 Å². The fourth-order valence-corrected chi connectivity index (χ4v) is 3.29. The number of carbonyl (C=O) groups is 1. The molecule has 0 aliphatic carbocycles. The first-order valence-electron chi connectivity index (χ1n) is 8.78. The van der Waals surface area contributed by atoms with Crippen LogP contribution in [0, 0.1) is 0 Å². The number of nitrogens with zero attached hydrogens (tertiary/aromatic N) is 1. The van der Waals surface area contributed by atoms with E-state index in [2.05, 4.69) is 5.32 Å². The molecular weight excluding hydrogens is 348 g/mol. The van der Waals surface area contributed by atoms with Gasteiger partial charge in [-0.3, -0.25) is 9.59 Å². The van der Waals surface area contributed by atoms with Crippen molar-refractivity contribution in [1.29, 1.82) is 0 Å². The Morgan fingerprint density at radius 3 is 2.42 bits per heavy atom. The van der Waals surface area contributed by atoms with E-state index in [1.807, 2.05) is 54.8 Å². The van der Waals surface area contributed by atoms with E-state index in [4.69, 9.17) is 11.6 Å². The molecule has 26 heavy (non-hydrogen) atoms. The Morgan fingerprint density at radius 2 is 1.77 bits per heavy atom. The fourth-order valence-electron chi connectivity index (χ4n) is 3.16. The molecule has 0 fully saturated rings. The molecule has 0 radical (unpaired) electrons. The van der Waals surface area contributed by atoms with Gasteiger partial charge in [-0.25, -0.2) is 0 Å². The summed E-state index contributed by atoms with van der Waals surface area (Å²) in [5.41, 5.74) is 1.94. The van der Waals surface area contributed by atoms with Crippen LogP contribution in [0.25, 0.3) is 22.0 Å². The maximum atomic E-state index is 13.2. The Balaban J connectivity index is 2.35. The number of hydrogen-bond donors (Lipinski definition) is 1. The Kier molecular flexibility index (Phi) is 5.43. The molecule has 0 aliphatic heterocycles. The highest BCUT2D eigenvalue weighted by atomic mass is 35.5. The number of hydrogen-bond acceptors (Lipinski definition) is 2. The van der Waals surface area contributed by atoms with Crippen molar-refractivity contribution in [3.63, 3.8) is 0 Å². The van der Waals surface area contributed by atoms with Gasteiger partial charge in [-0.2, -0.15) is 0 Å². The molecule has 1 amide bonds. The van der Waals surface area contributed by atoms with Crippen LogP contribution in [0.5, 0.6) is 0 Å². The summed E-state index contributed by atoms with van der Waals surface area (Å²) >= 11 is 6.00. The molecule has 2 aromatic carbocycles. The van der Waals surface area contributed by atoms with E-state index in [1.54, 1.807) is 12.1 Å². The highest BCUT2D eigenvalue weighted by molar-refractivity contribution is 6.30. The molecule has 134 valence electrons. The maximum absolute atomic E-state index is 13.2. The summed E-state index contributed by atoms with van der Waals surface area (Å²) < 4.78 is 1.98. The average molecular weight is 369 g/mol. The van der Waals surface area contributed by atoms with E-state index in [0.717, 1.165) is 17.5 Å². The van der Waals surface area contributed by atoms with Gasteiger partial charge < -0.3 is 9.88 Å². The first kappa shape index (κ1) is 18.2. The molecule has 0 bridgehead atoms. The van der Waals surface area contributed by atoms with Crippen molar-refractivity contribution in [2.45, 2.75) is 33.2 Å². The molecule has 5 heteroatoms. The molecule has 4 nitrogen and oxygen atoms in total. The number of para-hydroxylation sites is 1. The molecule has 0 unspecified atom stereocenters. The largest absolute Gasteiger partial charge is 0.327 e. The Labute approximate surface area is 157 Å². The lowest BCUT2D eigenvalue weighted by Gasteiger charge is -2.20. The summed E-state index contributed by atoms with van der Waals surface area (Å²) in [7, 11) is 0. The van der Waals surface area contributed by atoms with Gasteiger partial charge >= 0.3 is 0 Å². The van der Waals surface area contributed by atoms with Crippen LogP contribution in [-0.2, 0) is 11.3 Å². The zero-order valence-electron chi connectivity index (χ0n) is 14.9. The molecule has 0 spiro atoms. The van der Waals surface area contributed by atoms with Crippen LogP contribution in [0.15, 0.2) is 53.3 Å². The quantitative estimate of drug-likeness (QED) is 0.682. The predicted octanol–water partition coefficient (Wildman–Crippen LogP) is 5.08. The van der Waals surface area contributed by atoms with E-state index >= 15 is 0 Å². The second kappa shape index (κ2) is 7.75. The number of aryl methyl sites for hydroxylation is 1. The first-order chi connectivity index (χ1) is 12.6. The van der Waals surface area contributed by atoms with Crippen LogP contribution in [0.2, 0.25) is 5.02 Å². The van der Waals surface area contributed by atoms with Crippen molar-refractivity contribution in [2.75, 3.05) is 5.32 Å². The summed E-state index contributed by atoms with van der Waals surface area (Å²) in [6.45, 7) is 4.58. The van der Waals surface area contributed by atoms with Crippen LogP contribution >= 0.6 is 11.6 Å². The molecule has 1 aromatic heterocycles. The SMILES string of the molecule is CCCC(=O)Nc1c(-c2ccc(Cl)cc2)c(=O)c2ccccc2n1CC. The standard InChI is InChI=1S/C21H21ClN2O2/c1-3-7-18(25)23-21-19(14-10-12-15(22)13-11-14)20(26)16-8-5-6-9-17(16)24(21)4-2/h5-6,8-13H,3-4,7H2,1-2H3,(H,23,25). The molecular formula is C21H21ClN2O2. The number of amides is 1. The van der Waals surface area contributed by atoms with E-state index in [0.29, 0.717) is 34.8 Å². The van der Waals surface area contributed by atoms with E-state index in [1.165, 1.54) is 0 Å². The summed E-state index contributed by atoms with van der Waals surface area (Å²) in [6.07, 6.45) is 1.15. The van der Waals surface area contributed by atoms with Crippen LogP contribution in [0.3, 0.4) is 0 Å². The third-order valence-electron chi connectivity index (χ3n) is 4.36. The minimum absolute atomic E-state index is 0.0976. The number of halogens is 1. The van der Waals surface area contributed by atoms with Crippen LogP contribution in [0.4, 0.5) is 5.82 Å². The predicted molar refractivity (Wildman–Crippen MR) is 108 cm³/mol. The lowest BCUT2D eigenvalue weighted by atomic mass is 10.0. The molecule has 0 saturated carbocycles. The van der Waals surface area contributed by atoms with Crippen molar-refractivity contribution >= 4 is 34.2 Å². The van der Waals surface area contributed by atoms with Crippen LogP contribution in [0.1, 0.15) is 26.7 Å². The number of nitrogens with one attached hydrogen (secondary N) is 1. The zero-order valence-corrected chi connectivity index (χ0v) is 15.6. The van der Waals surface area contributed by atoms with Gasteiger partial charge in [0.05, 0.1) is 11.1 Å². The molecule has 3 aromatic rings. The Morgan fingerprint density at radius 1 is 1.08 bits per heavy atom. The topological polar surface area (TPSA) is 51.1 Å². The molecule has 0 atom stereocenters. The first-order valence-corrected chi connectivity index (χ1v) is 9.16. The van der Waals surface area contributed by atoms with Crippen molar-refractivity contribution in [2.24, 2.45) is 0 Å². The van der Waals surface area contributed by atoms with Gasteiger partial charge in [-0.15, -0.1) is 0 Å². The van der Waals surface area contributed by atoms with Gasteiger partial charge in [-0.1, -0.05) is 42.8 Å². The van der Waals surface area contributed by atoms with Gasteiger partial charge in [0.1, 0.15) is 5.82 Å².